The molecule has 2 aromatic heterocycles. The molecule has 4 heterocycles. The second-order valence-corrected chi connectivity index (χ2v) is 9.12. The van der Waals surface area contributed by atoms with E-state index in [1.54, 1.807) is 13.2 Å². The summed E-state index contributed by atoms with van der Waals surface area (Å²) >= 11 is 0. The van der Waals surface area contributed by atoms with Gasteiger partial charge in [-0.3, -0.25) is 5.10 Å². The van der Waals surface area contributed by atoms with Crippen molar-refractivity contribution in [1.29, 1.82) is 0 Å². The number of rotatable bonds is 7. The van der Waals surface area contributed by atoms with Crippen LogP contribution in [0.15, 0.2) is 47.0 Å². The van der Waals surface area contributed by atoms with Gasteiger partial charge >= 0.3 is 0 Å². The second-order valence-electron chi connectivity index (χ2n) is 9.12. The number of fused-ring (bicyclic) bond motifs is 2. The quantitative estimate of drug-likeness (QED) is 0.382. The van der Waals surface area contributed by atoms with Gasteiger partial charge in [0.1, 0.15) is 18.0 Å². The van der Waals surface area contributed by atoms with Gasteiger partial charge in [-0.15, -0.1) is 0 Å². The molecular weight excluding hydrogens is 449 g/mol. The van der Waals surface area contributed by atoms with Crippen LogP contribution in [0.4, 0.5) is 10.1 Å². The van der Waals surface area contributed by atoms with Crippen molar-refractivity contribution in [3.05, 3.63) is 48.3 Å². The molecule has 0 bridgehead atoms. The minimum absolute atomic E-state index is 0.149. The van der Waals surface area contributed by atoms with Gasteiger partial charge in [0.2, 0.25) is 0 Å². The third-order valence-corrected chi connectivity index (χ3v) is 7.03. The number of halogens is 1. The standard InChI is InChI=1S/C26H28FN5O3/c1-33-11-12-34-24-15-22-18(13-19(24)27)26(30-29-22)25-14-21(31-35-25)16-4-6-17(7-5-16)32-10-8-20-23(32)3-2-9-28-20/h4-7,13-15,20,23,28H,2-3,8-12H2,1H3,(H,29,30). The molecule has 4 aromatic rings. The molecule has 0 amide bonds. The van der Waals surface area contributed by atoms with Crippen molar-refractivity contribution in [2.45, 2.75) is 31.3 Å². The molecule has 2 aromatic carbocycles. The minimum Gasteiger partial charge on any atom is -0.488 e. The molecule has 2 N–H and O–H groups in total. The van der Waals surface area contributed by atoms with Crippen molar-refractivity contribution in [3.8, 4) is 28.5 Å². The Kier molecular flexibility index (Phi) is 5.87. The van der Waals surface area contributed by atoms with E-state index < -0.39 is 5.82 Å². The summed E-state index contributed by atoms with van der Waals surface area (Å²) in [7, 11) is 1.57. The number of piperidine rings is 1. The average Bonchev–Trinajstić information content (AvgIpc) is 3.62. The maximum absolute atomic E-state index is 14.6. The smallest absolute Gasteiger partial charge is 0.188 e. The van der Waals surface area contributed by atoms with E-state index in [1.807, 2.05) is 6.07 Å². The topological polar surface area (TPSA) is 88.4 Å². The molecule has 2 aliphatic rings. The number of aromatic nitrogens is 3. The third-order valence-electron chi connectivity index (χ3n) is 7.03. The summed E-state index contributed by atoms with van der Waals surface area (Å²) in [6, 6.07) is 14.5. The second kappa shape index (κ2) is 9.31. The Bertz CT molecular complexity index is 1320. The van der Waals surface area contributed by atoms with Crippen molar-refractivity contribution in [2.24, 2.45) is 0 Å². The van der Waals surface area contributed by atoms with Gasteiger partial charge in [0, 0.05) is 54.5 Å². The molecule has 2 atom stereocenters. The lowest BCUT2D eigenvalue weighted by Gasteiger charge is -2.33. The highest BCUT2D eigenvalue weighted by atomic mass is 19.1. The first-order valence-electron chi connectivity index (χ1n) is 12.1. The fourth-order valence-corrected chi connectivity index (χ4v) is 5.27. The zero-order chi connectivity index (χ0) is 23.8. The summed E-state index contributed by atoms with van der Waals surface area (Å²) < 4.78 is 30.6. The Morgan fingerprint density at radius 1 is 1.14 bits per heavy atom. The number of benzene rings is 2. The van der Waals surface area contributed by atoms with Crippen LogP contribution in [-0.2, 0) is 4.74 Å². The van der Waals surface area contributed by atoms with Crippen LogP contribution in [0.2, 0.25) is 0 Å². The Balaban J connectivity index is 1.22. The number of hydrogen-bond donors (Lipinski definition) is 2. The van der Waals surface area contributed by atoms with Gasteiger partial charge in [0.05, 0.1) is 12.1 Å². The summed E-state index contributed by atoms with van der Waals surface area (Å²) in [5, 5.41) is 15.8. The van der Waals surface area contributed by atoms with Crippen molar-refractivity contribution >= 4 is 16.6 Å². The molecule has 0 aliphatic carbocycles. The molecule has 2 fully saturated rings. The van der Waals surface area contributed by atoms with Gasteiger partial charge < -0.3 is 24.2 Å². The van der Waals surface area contributed by atoms with Crippen molar-refractivity contribution in [3.63, 3.8) is 0 Å². The number of methoxy groups -OCH3 is 1. The lowest BCUT2D eigenvalue weighted by molar-refractivity contribution is 0.144. The molecule has 6 rings (SSSR count). The maximum atomic E-state index is 14.6. The normalized spacial score (nSPS) is 19.9. The molecule has 9 heteroatoms. The van der Waals surface area contributed by atoms with Crippen LogP contribution in [0.25, 0.3) is 33.6 Å². The van der Waals surface area contributed by atoms with E-state index in [2.05, 4.69) is 49.8 Å². The van der Waals surface area contributed by atoms with E-state index >= 15 is 0 Å². The van der Waals surface area contributed by atoms with Crippen LogP contribution in [-0.4, -0.2) is 60.9 Å². The van der Waals surface area contributed by atoms with Crippen LogP contribution in [0.3, 0.4) is 0 Å². The highest BCUT2D eigenvalue weighted by Gasteiger charge is 2.35. The molecule has 0 saturated carbocycles. The summed E-state index contributed by atoms with van der Waals surface area (Å²) in [5.41, 5.74) is 4.07. The van der Waals surface area contributed by atoms with Crippen LogP contribution in [0.1, 0.15) is 19.3 Å². The largest absolute Gasteiger partial charge is 0.488 e. The number of anilines is 1. The predicted molar refractivity (Wildman–Crippen MR) is 131 cm³/mol. The number of ether oxygens (including phenoxy) is 2. The number of nitrogens with zero attached hydrogens (tertiary/aromatic N) is 3. The van der Waals surface area contributed by atoms with Crippen LogP contribution in [0.5, 0.6) is 5.75 Å². The van der Waals surface area contributed by atoms with Gasteiger partial charge in [-0.2, -0.15) is 5.10 Å². The highest BCUT2D eigenvalue weighted by Crippen LogP contribution is 2.35. The zero-order valence-corrected chi connectivity index (χ0v) is 19.6. The van der Waals surface area contributed by atoms with E-state index in [1.165, 1.54) is 31.0 Å². The number of aromatic amines is 1. The van der Waals surface area contributed by atoms with E-state index in [9.17, 15) is 4.39 Å². The van der Waals surface area contributed by atoms with E-state index in [-0.39, 0.29) is 12.4 Å². The summed E-state index contributed by atoms with van der Waals surface area (Å²) in [6.07, 6.45) is 3.66. The number of nitrogens with one attached hydrogen (secondary N) is 2. The molecule has 0 spiro atoms. The molecule has 2 unspecified atom stereocenters. The van der Waals surface area contributed by atoms with Gasteiger partial charge in [0.15, 0.2) is 17.3 Å². The monoisotopic (exact) mass is 477 g/mol. The third kappa shape index (κ3) is 4.15. The molecule has 182 valence electrons. The first-order valence-corrected chi connectivity index (χ1v) is 12.1. The highest BCUT2D eigenvalue weighted by molar-refractivity contribution is 5.93. The molecule has 8 nitrogen and oxygen atoms in total. The molecule has 0 radical (unpaired) electrons. The fraction of sp³-hybridized carbons (Fsp3) is 0.385. The first kappa shape index (κ1) is 22.1. The first-order chi connectivity index (χ1) is 17.2. The van der Waals surface area contributed by atoms with Gasteiger partial charge in [-0.1, -0.05) is 17.3 Å². The molecular formula is C26H28FN5O3. The van der Waals surface area contributed by atoms with Crippen molar-refractivity contribution in [1.82, 2.24) is 20.7 Å². The van der Waals surface area contributed by atoms with Crippen LogP contribution in [0, 0.1) is 5.82 Å². The Hall–Kier alpha value is -3.43. The SMILES string of the molecule is COCCOc1cc2[nH]nc(-c3cc(-c4ccc(N5CCC6NCCCC65)cc4)no3)c2cc1F. The fourth-order valence-electron chi connectivity index (χ4n) is 5.27. The molecule has 2 aliphatic heterocycles. The Morgan fingerprint density at radius 3 is 2.89 bits per heavy atom. The predicted octanol–water partition coefficient (Wildman–Crippen LogP) is 4.38. The summed E-state index contributed by atoms with van der Waals surface area (Å²) in [4.78, 5) is 2.52. The van der Waals surface area contributed by atoms with E-state index in [4.69, 9.17) is 14.0 Å². The maximum Gasteiger partial charge on any atom is 0.188 e. The van der Waals surface area contributed by atoms with Crippen molar-refractivity contribution < 1.29 is 18.4 Å². The number of H-pyrrole nitrogens is 1. The van der Waals surface area contributed by atoms with Gasteiger partial charge in [-0.05, 0) is 44.0 Å². The number of hydrogen-bond acceptors (Lipinski definition) is 7. The lowest BCUT2D eigenvalue weighted by Crippen LogP contribution is -2.46. The summed E-state index contributed by atoms with van der Waals surface area (Å²) in [5.74, 6) is 0.152. The Labute approximate surface area is 202 Å². The van der Waals surface area contributed by atoms with Crippen LogP contribution >= 0.6 is 0 Å². The van der Waals surface area contributed by atoms with Gasteiger partial charge in [-0.25, -0.2) is 4.39 Å². The van der Waals surface area contributed by atoms with E-state index in [0.717, 1.165) is 18.7 Å². The summed E-state index contributed by atoms with van der Waals surface area (Å²) in [6.45, 7) is 2.85. The zero-order valence-electron chi connectivity index (χ0n) is 19.6. The van der Waals surface area contributed by atoms with Gasteiger partial charge in [0.25, 0.3) is 0 Å². The lowest BCUT2D eigenvalue weighted by atomic mass is 9.99. The average molecular weight is 478 g/mol. The van der Waals surface area contributed by atoms with Crippen molar-refractivity contribution in [2.75, 3.05) is 38.3 Å². The molecule has 35 heavy (non-hydrogen) atoms. The minimum atomic E-state index is -0.469. The Morgan fingerprint density at radius 2 is 2.03 bits per heavy atom. The van der Waals surface area contributed by atoms with E-state index in [0.29, 0.717) is 46.7 Å². The van der Waals surface area contributed by atoms with Crippen LogP contribution < -0.4 is 15.0 Å². The molecule has 2 saturated heterocycles.